The first-order chi connectivity index (χ1) is 9.25. The van der Waals surface area contributed by atoms with Crippen molar-refractivity contribution in [1.82, 2.24) is 9.97 Å². The zero-order valence-electron chi connectivity index (χ0n) is 10.5. The summed E-state index contributed by atoms with van der Waals surface area (Å²) >= 11 is 1.62. The SMILES string of the molecule is Cc1ccc(C2SCC(=O)N2c2cnccn2)cc1. The van der Waals surface area contributed by atoms with Gasteiger partial charge in [0.1, 0.15) is 5.37 Å². The molecule has 2 aromatic rings. The van der Waals surface area contributed by atoms with Gasteiger partial charge in [0, 0.05) is 12.4 Å². The quantitative estimate of drug-likeness (QED) is 0.842. The number of aryl methyl sites for hydroxylation is 1. The topological polar surface area (TPSA) is 46.1 Å². The second-order valence-corrected chi connectivity index (χ2v) is 5.47. The molecule has 0 saturated carbocycles. The van der Waals surface area contributed by atoms with Gasteiger partial charge in [-0.2, -0.15) is 0 Å². The van der Waals surface area contributed by atoms with Crippen molar-refractivity contribution < 1.29 is 4.79 Å². The summed E-state index contributed by atoms with van der Waals surface area (Å²) in [6.45, 7) is 2.05. The van der Waals surface area contributed by atoms with Gasteiger partial charge in [0.25, 0.3) is 0 Å². The summed E-state index contributed by atoms with van der Waals surface area (Å²) < 4.78 is 0. The van der Waals surface area contributed by atoms with Crippen molar-refractivity contribution in [3.8, 4) is 0 Å². The molecule has 4 nitrogen and oxygen atoms in total. The number of rotatable bonds is 2. The van der Waals surface area contributed by atoms with E-state index in [2.05, 4.69) is 41.2 Å². The van der Waals surface area contributed by atoms with Gasteiger partial charge in [0.15, 0.2) is 5.82 Å². The van der Waals surface area contributed by atoms with Crippen LogP contribution in [-0.4, -0.2) is 21.6 Å². The van der Waals surface area contributed by atoms with Gasteiger partial charge in [-0.05, 0) is 12.5 Å². The fraction of sp³-hybridized carbons (Fsp3) is 0.214. The number of hydrogen-bond donors (Lipinski definition) is 0. The Kier molecular flexibility index (Phi) is 3.21. The maximum Gasteiger partial charge on any atom is 0.239 e. The van der Waals surface area contributed by atoms with Gasteiger partial charge >= 0.3 is 0 Å². The maximum atomic E-state index is 12.1. The van der Waals surface area contributed by atoms with Crippen LogP contribution in [0.1, 0.15) is 16.5 Å². The van der Waals surface area contributed by atoms with Crippen molar-refractivity contribution in [2.24, 2.45) is 0 Å². The molecule has 5 heteroatoms. The molecular weight excluding hydrogens is 258 g/mol. The average Bonchev–Trinajstić information content (AvgIpc) is 2.82. The number of thioether (sulfide) groups is 1. The van der Waals surface area contributed by atoms with Gasteiger partial charge in [-0.3, -0.25) is 14.7 Å². The van der Waals surface area contributed by atoms with E-state index in [4.69, 9.17) is 0 Å². The number of anilines is 1. The molecule has 1 atom stereocenters. The molecule has 0 spiro atoms. The first-order valence-electron chi connectivity index (χ1n) is 6.02. The lowest BCUT2D eigenvalue weighted by molar-refractivity contribution is -0.115. The Bertz CT molecular complexity index is 585. The van der Waals surface area contributed by atoms with Crippen molar-refractivity contribution in [2.75, 3.05) is 10.7 Å². The van der Waals surface area contributed by atoms with E-state index in [0.717, 1.165) is 5.56 Å². The summed E-state index contributed by atoms with van der Waals surface area (Å²) in [4.78, 5) is 22.1. The third-order valence-corrected chi connectivity index (χ3v) is 4.24. The summed E-state index contributed by atoms with van der Waals surface area (Å²) in [6, 6.07) is 8.25. The number of amides is 1. The van der Waals surface area contributed by atoms with E-state index in [0.29, 0.717) is 11.6 Å². The van der Waals surface area contributed by atoms with Crippen LogP contribution in [0.15, 0.2) is 42.9 Å². The van der Waals surface area contributed by atoms with Crippen LogP contribution >= 0.6 is 11.8 Å². The Morgan fingerprint density at radius 2 is 2.05 bits per heavy atom. The summed E-state index contributed by atoms with van der Waals surface area (Å²) in [5, 5.41) is -0.00944. The van der Waals surface area contributed by atoms with Gasteiger partial charge < -0.3 is 0 Å². The minimum atomic E-state index is -0.00944. The van der Waals surface area contributed by atoms with Crippen LogP contribution in [0.5, 0.6) is 0 Å². The lowest BCUT2D eigenvalue weighted by atomic mass is 10.1. The van der Waals surface area contributed by atoms with Crippen LogP contribution in [0.3, 0.4) is 0 Å². The number of carbonyl (C=O) groups excluding carboxylic acids is 1. The second kappa shape index (κ2) is 5.01. The Morgan fingerprint density at radius 1 is 1.26 bits per heavy atom. The van der Waals surface area contributed by atoms with Gasteiger partial charge in [-0.15, -0.1) is 11.8 Å². The molecule has 1 unspecified atom stereocenters. The minimum absolute atomic E-state index is 0.00944. The molecular formula is C14H13N3OS. The Morgan fingerprint density at radius 3 is 2.74 bits per heavy atom. The van der Waals surface area contributed by atoms with Gasteiger partial charge in [0.05, 0.1) is 11.9 Å². The smallest absolute Gasteiger partial charge is 0.239 e. The van der Waals surface area contributed by atoms with Crippen LogP contribution in [0.4, 0.5) is 5.82 Å². The van der Waals surface area contributed by atoms with Crippen molar-refractivity contribution in [1.29, 1.82) is 0 Å². The monoisotopic (exact) mass is 271 g/mol. The molecule has 1 aliphatic heterocycles. The third kappa shape index (κ3) is 2.33. The minimum Gasteiger partial charge on any atom is -0.278 e. The zero-order chi connectivity index (χ0) is 13.2. The molecule has 1 aromatic heterocycles. The number of benzene rings is 1. The molecule has 0 aliphatic carbocycles. The largest absolute Gasteiger partial charge is 0.278 e. The van der Waals surface area contributed by atoms with Crippen molar-refractivity contribution in [3.63, 3.8) is 0 Å². The van der Waals surface area contributed by atoms with E-state index in [-0.39, 0.29) is 11.3 Å². The average molecular weight is 271 g/mol. The highest BCUT2D eigenvalue weighted by Gasteiger charge is 2.34. The highest BCUT2D eigenvalue weighted by molar-refractivity contribution is 8.00. The molecule has 1 fully saturated rings. The second-order valence-electron chi connectivity index (χ2n) is 4.40. The lowest BCUT2D eigenvalue weighted by Gasteiger charge is -2.22. The third-order valence-electron chi connectivity index (χ3n) is 3.03. The molecule has 2 heterocycles. The molecule has 0 N–H and O–H groups in total. The van der Waals surface area contributed by atoms with E-state index in [1.54, 1.807) is 35.3 Å². The molecule has 1 amide bonds. The molecule has 1 saturated heterocycles. The molecule has 19 heavy (non-hydrogen) atoms. The standard InChI is InChI=1S/C14H13N3OS/c1-10-2-4-11(5-3-10)14-17(13(18)9-19-14)12-8-15-6-7-16-12/h2-8,14H,9H2,1H3. The molecule has 1 aromatic carbocycles. The zero-order valence-corrected chi connectivity index (χ0v) is 11.3. The normalized spacial score (nSPS) is 18.9. The summed E-state index contributed by atoms with van der Waals surface area (Å²) in [5.41, 5.74) is 2.33. The number of aromatic nitrogens is 2. The van der Waals surface area contributed by atoms with Crippen LogP contribution in [0.2, 0.25) is 0 Å². The number of hydrogen-bond acceptors (Lipinski definition) is 4. The van der Waals surface area contributed by atoms with Crippen molar-refractivity contribution in [3.05, 3.63) is 54.0 Å². The Balaban J connectivity index is 1.97. The number of nitrogens with zero attached hydrogens (tertiary/aromatic N) is 3. The molecule has 0 radical (unpaired) electrons. The van der Waals surface area contributed by atoms with Crippen LogP contribution in [-0.2, 0) is 4.79 Å². The van der Waals surface area contributed by atoms with Crippen LogP contribution < -0.4 is 4.90 Å². The van der Waals surface area contributed by atoms with E-state index in [9.17, 15) is 4.79 Å². The van der Waals surface area contributed by atoms with E-state index in [1.807, 2.05) is 0 Å². The lowest BCUT2D eigenvalue weighted by Crippen LogP contribution is -2.28. The highest BCUT2D eigenvalue weighted by atomic mass is 32.2. The predicted octanol–water partition coefficient (Wildman–Crippen LogP) is 2.56. The molecule has 0 bridgehead atoms. The maximum absolute atomic E-state index is 12.1. The number of carbonyl (C=O) groups is 1. The van der Waals surface area contributed by atoms with Crippen LogP contribution in [0, 0.1) is 6.92 Å². The molecule has 96 valence electrons. The van der Waals surface area contributed by atoms with Gasteiger partial charge in [-0.25, -0.2) is 4.98 Å². The Hall–Kier alpha value is -1.88. The van der Waals surface area contributed by atoms with E-state index < -0.39 is 0 Å². The predicted molar refractivity (Wildman–Crippen MR) is 75.9 cm³/mol. The van der Waals surface area contributed by atoms with Crippen molar-refractivity contribution in [2.45, 2.75) is 12.3 Å². The fourth-order valence-electron chi connectivity index (χ4n) is 2.06. The first kappa shape index (κ1) is 12.2. The Labute approximate surface area is 115 Å². The highest BCUT2D eigenvalue weighted by Crippen LogP contribution is 2.40. The molecule has 3 rings (SSSR count). The van der Waals surface area contributed by atoms with Gasteiger partial charge in [0.2, 0.25) is 5.91 Å². The van der Waals surface area contributed by atoms with Crippen LogP contribution in [0.25, 0.3) is 0 Å². The molecule has 1 aliphatic rings. The fourth-order valence-corrected chi connectivity index (χ4v) is 3.23. The van der Waals surface area contributed by atoms with Crippen molar-refractivity contribution >= 4 is 23.5 Å². The van der Waals surface area contributed by atoms with E-state index in [1.165, 1.54) is 5.56 Å². The van der Waals surface area contributed by atoms with Gasteiger partial charge in [-0.1, -0.05) is 29.8 Å². The summed E-state index contributed by atoms with van der Waals surface area (Å²) in [6.07, 6.45) is 4.85. The van der Waals surface area contributed by atoms with E-state index >= 15 is 0 Å². The summed E-state index contributed by atoms with van der Waals surface area (Å²) in [5.74, 6) is 1.17. The summed E-state index contributed by atoms with van der Waals surface area (Å²) in [7, 11) is 0. The first-order valence-corrected chi connectivity index (χ1v) is 7.07.